The first-order chi connectivity index (χ1) is 8.85. The van der Waals surface area contributed by atoms with Gasteiger partial charge in [-0.25, -0.2) is 19.9 Å². The number of nitrogens with zero attached hydrogens (tertiary/aromatic N) is 4. The Morgan fingerprint density at radius 1 is 1.28 bits per heavy atom. The second-order valence-corrected chi connectivity index (χ2v) is 5.16. The standard InChI is InChI=1S/C12H13N5S/c1-13-9-6-11(17-12(16-9)8-2-3-8)18-10-4-5-14-7-15-10/h4-8H,2-3H2,1H3,(H,13,16,17). The molecule has 0 bridgehead atoms. The van der Waals surface area contributed by atoms with Gasteiger partial charge in [-0.1, -0.05) is 0 Å². The van der Waals surface area contributed by atoms with Crippen LogP contribution < -0.4 is 5.32 Å². The van der Waals surface area contributed by atoms with E-state index in [1.165, 1.54) is 24.6 Å². The van der Waals surface area contributed by atoms with Gasteiger partial charge in [0.05, 0.1) is 0 Å². The Balaban J connectivity index is 1.88. The third kappa shape index (κ3) is 2.59. The van der Waals surface area contributed by atoms with Crippen molar-refractivity contribution in [2.45, 2.75) is 28.8 Å². The van der Waals surface area contributed by atoms with E-state index in [9.17, 15) is 0 Å². The molecule has 0 saturated heterocycles. The third-order valence-corrected chi connectivity index (χ3v) is 3.55. The minimum atomic E-state index is 0.544. The smallest absolute Gasteiger partial charge is 0.135 e. The average molecular weight is 259 g/mol. The lowest BCUT2D eigenvalue weighted by atomic mass is 10.4. The molecule has 2 aromatic heterocycles. The van der Waals surface area contributed by atoms with E-state index in [1.54, 1.807) is 12.5 Å². The van der Waals surface area contributed by atoms with E-state index < -0.39 is 0 Å². The SMILES string of the molecule is CNc1cc(Sc2ccncn2)nc(C2CC2)n1. The molecule has 18 heavy (non-hydrogen) atoms. The van der Waals surface area contributed by atoms with Gasteiger partial charge in [-0.3, -0.25) is 0 Å². The zero-order valence-corrected chi connectivity index (χ0v) is 10.8. The van der Waals surface area contributed by atoms with E-state index in [-0.39, 0.29) is 0 Å². The summed E-state index contributed by atoms with van der Waals surface area (Å²) in [6.45, 7) is 0. The van der Waals surface area contributed by atoms with E-state index in [1.807, 2.05) is 19.2 Å². The number of hydrogen-bond donors (Lipinski definition) is 1. The highest BCUT2D eigenvalue weighted by molar-refractivity contribution is 7.99. The van der Waals surface area contributed by atoms with Crippen LogP contribution in [-0.4, -0.2) is 27.0 Å². The maximum Gasteiger partial charge on any atom is 0.135 e. The molecule has 2 aromatic rings. The molecule has 0 aliphatic heterocycles. The van der Waals surface area contributed by atoms with Gasteiger partial charge in [0.15, 0.2) is 0 Å². The van der Waals surface area contributed by atoms with E-state index in [0.29, 0.717) is 5.92 Å². The van der Waals surface area contributed by atoms with E-state index in [2.05, 4.69) is 25.3 Å². The van der Waals surface area contributed by atoms with Crippen LogP contribution in [0.25, 0.3) is 0 Å². The van der Waals surface area contributed by atoms with Crippen LogP contribution in [0, 0.1) is 0 Å². The largest absolute Gasteiger partial charge is 0.373 e. The van der Waals surface area contributed by atoms with E-state index >= 15 is 0 Å². The molecule has 0 spiro atoms. The average Bonchev–Trinajstić information content (AvgIpc) is 3.24. The summed E-state index contributed by atoms with van der Waals surface area (Å²) in [5.41, 5.74) is 0. The van der Waals surface area contributed by atoms with Crippen molar-refractivity contribution in [2.24, 2.45) is 0 Å². The first-order valence-corrected chi connectivity index (χ1v) is 6.67. The van der Waals surface area contributed by atoms with Gasteiger partial charge in [-0.15, -0.1) is 0 Å². The Hall–Kier alpha value is -1.69. The van der Waals surface area contributed by atoms with Crippen LogP contribution in [0.1, 0.15) is 24.6 Å². The molecule has 1 aliphatic rings. The van der Waals surface area contributed by atoms with Crippen molar-refractivity contribution < 1.29 is 0 Å². The third-order valence-electron chi connectivity index (χ3n) is 2.68. The number of nitrogens with one attached hydrogen (secondary N) is 1. The molecule has 5 nitrogen and oxygen atoms in total. The van der Waals surface area contributed by atoms with Gasteiger partial charge in [0, 0.05) is 25.2 Å². The molecule has 1 fully saturated rings. The van der Waals surface area contributed by atoms with Gasteiger partial charge in [0.1, 0.15) is 28.0 Å². The van der Waals surface area contributed by atoms with Crippen LogP contribution in [0.15, 0.2) is 34.7 Å². The Labute approximate surface area is 109 Å². The van der Waals surface area contributed by atoms with Crippen LogP contribution in [0.3, 0.4) is 0 Å². The van der Waals surface area contributed by atoms with Crippen molar-refractivity contribution in [3.05, 3.63) is 30.5 Å². The molecule has 92 valence electrons. The molecule has 2 heterocycles. The number of rotatable bonds is 4. The van der Waals surface area contributed by atoms with Gasteiger partial charge in [0.2, 0.25) is 0 Å². The first-order valence-electron chi connectivity index (χ1n) is 5.86. The Bertz CT molecular complexity index is 541. The first kappa shape index (κ1) is 11.4. The molecule has 1 N–H and O–H groups in total. The predicted octanol–water partition coefficient (Wildman–Crippen LogP) is 2.34. The van der Waals surface area contributed by atoms with Gasteiger partial charge >= 0.3 is 0 Å². The monoisotopic (exact) mass is 259 g/mol. The number of hydrogen-bond acceptors (Lipinski definition) is 6. The van der Waals surface area contributed by atoms with Gasteiger partial charge < -0.3 is 5.32 Å². The summed E-state index contributed by atoms with van der Waals surface area (Å²) in [5, 5.41) is 4.90. The summed E-state index contributed by atoms with van der Waals surface area (Å²) in [6, 6.07) is 3.82. The minimum absolute atomic E-state index is 0.544. The van der Waals surface area contributed by atoms with Crippen LogP contribution in [0.2, 0.25) is 0 Å². The summed E-state index contributed by atoms with van der Waals surface area (Å²) >= 11 is 1.53. The second kappa shape index (κ2) is 4.89. The Morgan fingerprint density at radius 3 is 2.83 bits per heavy atom. The van der Waals surface area contributed by atoms with Crippen LogP contribution in [0.4, 0.5) is 5.82 Å². The topological polar surface area (TPSA) is 63.6 Å². The van der Waals surface area contributed by atoms with Crippen molar-refractivity contribution in [3.63, 3.8) is 0 Å². The summed E-state index contributed by atoms with van der Waals surface area (Å²) in [5.74, 6) is 2.35. The Kier molecular flexibility index (Phi) is 3.10. The molecule has 0 unspecified atom stereocenters. The fourth-order valence-electron chi connectivity index (χ4n) is 1.59. The van der Waals surface area contributed by atoms with Crippen molar-refractivity contribution in [1.29, 1.82) is 0 Å². The van der Waals surface area contributed by atoms with Crippen LogP contribution >= 0.6 is 11.8 Å². The summed E-state index contributed by atoms with van der Waals surface area (Å²) < 4.78 is 0. The van der Waals surface area contributed by atoms with E-state index in [0.717, 1.165) is 21.7 Å². The highest BCUT2D eigenvalue weighted by Gasteiger charge is 2.27. The molecule has 0 atom stereocenters. The Morgan fingerprint density at radius 2 is 2.17 bits per heavy atom. The summed E-state index contributed by atoms with van der Waals surface area (Å²) in [6.07, 6.45) is 5.68. The van der Waals surface area contributed by atoms with E-state index in [4.69, 9.17) is 0 Å². The molecule has 6 heteroatoms. The molecule has 1 aliphatic carbocycles. The maximum atomic E-state index is 4.59. The molecular formula is C12H13N5S. The highest BCUT2D eigenvalue weighted by atomic mass is 32.2. The van der Waals surface area contributed by atoms with Gasteiger partial charge in [-0.2, -0.15) is 0 Å². The molecular weight excluding hydrogens is 246 g/mol. The summed E-state index contributed by atoms with van der Waals surface area (Å²) in [7, 11) is 1.87. The number of anilines is 1. The lowest BCUT2D eigenvalue weighted by molar-refractivity contribution is 0.879. The van der Waals surface area contributed by atoms with Gasteiger partial charge in [-0.05, 0) is 30.7 Å². The van der Waals surface area contributed by atoms with Crippen molar-refractivity contribution >= 4 is 17.6 Å². The number of aromatic nitrogens is 4. The van der Waals surface area contributed by atoms with Crippen molar-refractivity contribution in [3.8, 4) is 0 Å². The molecule has 0 radical (unpaired) electrons. The summed E-state index contributed by atoms with van der Waals surface area (Å²) in [4.78, 5) is 17.2. The fraction of sp³-hybridized carbons (Fsp3) is 0.333. The van der Waals surface area contributed by atoms with Crippen molar-refractivity contribution in [2.75, 3.05) is 12.4 Å². The quantitative estimate of drug-likeness (QED) is 0.850. The normalized spacial score (nSPS) is 14.5. The zero-order valence-electron chi connectivity index (χ0n) is 10.00. The second-order valence-electron chi connectivity index (χ2n) is 4.12. The predicted molar refractivity (Wildman–Crippen MR) is 69.7 cm³/mol. The van der Waals surface area contributed by atoms with Crippen molar-refractivity contribution in [1.82, 2.24) is 19.9 Å². The highest BCUT2D eigenvalue weighted by Crippen LogP contribution is 2.39. The lowest BCUT2D eigenvalue weighted by Gasteiger charge is -2.06. The maximum absolute atomic E-state index is 4.59. The molecule has 0 amide bonds. The molecule has 3 rings (SSSR count). The fourth-order valence-corrected chi connectivity index (χ4v) is 2.35. The minimum Gasteiger partial charge on any atom is -0.373 e. The lowest BCUT2D eigenvalue weighted by Crippen LogP contribution is -2.00. The molecule has 0 aromatic carbocycles. The zero-order chi connectivity index (χ0) is 12.4. The molecule has 1 saturated carbocycles. The van der Waals surface area contributed by atoms with Gasteiger partial charge in [0.25, 0.3) is 0 Å². The van der Waals surface area contributed by atoms with Crippen LogP contribution in [0.5, 0.6) is 0 Å². The van der Waals surface area contributed by atoms with Crippen LogP contribution in [-0.2, 0) is 0 Å².